The molecule has 1 saturated heterocycles. The van der Waals surface area contributed by atoms with Crippen LogP contribution in [0.1, 0.15) is 42.5 Å². The van der Waals surface area contributed by atoms with Crippen LogP contribution in [0.4, 0.5) is 0 Å². The molecule has 3 nitrogen and oxygen atoms in total. The largest absolute Gasteiger partial charge is 0.319 e. The molecule has 102 valence electrons. The Labute approximate surface area is 115 Å². The van der Waals surface area contributed by atoms with Gasteiger partial charge in [-0.3, -0.25) is 0 Å². The highest BCUT2D eigenvalue weighted by Gasteiger charge is 2.24. The monoisotopic (exact) mass is 267 g/mol. The summed E-state index contributed by atoms with van der Waals surface area (Å²) in [6, 6.07) is 0.663. The number of nitrogens with zero attached hydrogens (tertiary/aromatic N) is 2. The Kier molecular flexibility index (Phi) is 5.15. The Morgan fingerprint density at radius 2 is 2.39 bits per heavy atom. The smallest absolute Gasteiger partial charge is 0.0971 e. The van der Waals surface area contributed by atoms with Gasteiger partial charge in [0.15, 0.2) is 0 Å². The van der Waals surface area contributed by atoms with Gasteiger partial charge in [0.2, 0.25) is 0 Å². The minimum absolute atomic E-state index is 0.662. The molecule has 0 spiro atoms. The van der Waals surface area contributed by atoms with Crippen molar-refractivity contribution in [3.63, 3.8) is 0 Å². The molecule has 0 saturated carbocycles. The average molecular weight is 267 g/mol. The first-order chi connectivity index (χ1) is 8.70. The number of likely N-dealkylation sites (tertiary alicyclic amines) is 1. The second-order valence-electron chi connectivity index (χ2n) is 5.45. The van der Waals surface area contributed by atoms with E-state index in [1.54, 1.807) is 0 Å². The number of likely N-dealkylation sites (N-methyl/N-ethyl adjacent to an activating group) is 1. The summed E-state index contributed by atoms with van der Waals surface area (Å²) < 4.78 is 0. The zero-order chi connectivity index (χ0) is 13.0. The van der Waals surface area contributed by atoms with Gasteiger partial charge >= 0.3 is 0 Å². The maximum absolute atomic E-state index is 4.65. The summed E-state index contributed by atoms with van der Waals surface area (Å²) in [6.07, 6.45) is 5.80. The molecule has 0 bridgehead atoms. The predicted molar refractivity (Wildman–Crippen MR) is 78.4 cm³/mol. The Morgan fingerprint density at radius 3 is 3.11 bits per heavy atom. The van der Waals surface area contributed by atoms with Crippen molar-refractivity contribution in [1.82, 2.24) is 15.2 Å². The van der Waals surface area contributed by atoms with Gasteiger partial charge in [0, 0.05) is 29.6 Å². The summed E-state index contributed by atoms with van der Waals surface area (Å²) in [6.45, 7) is 8.08. The normalized spacial score (nSPS) is 21.7. The average Bonchev–Trinajstić information content (AvgIpc) is 2.85. The molecule has 1 aromatic rings. The number of nitrogens with one attached hydrogen (secondary N) is 1. The van der Waals surface area contributed by atoms with Crippen LogP contribution in [0.25, 0.3) is 0 Å². The molecule has 1 atom stereocenters. The third kappa shape index (κ3) is 3.53. The van der Waals surface area contributed by atoms with E-state index in [2.05, 4.69) is 35.2 Å². The number of rotatable bonds is 5. The van der Waals surface area contributed by atoms with E-state index in [0.717, 1.165) is 13.0 Å². The molecule has 2 rings (SSSR count). The molecular weight excluding hydrogens is 242 g/mol. The Balaban J connectivity index is 1.95. The first-order valence-corrected chi connectivity index (χ1v) is 7.85. The Hall–Kier alpha value is -0.450. The zero-order valence-corrected chi connectivity index (χ0v) is 12.6. The second kappa shape index (κ2) is 6.64. The van der Waals surface area contributed by atoms with Gasteiger partial charge in [-0.2, -0.15) is 0 Å². The molecule has 1 aromatic heterocycles. The van der Waals surface area contributed by atoms with Gasteiger partial charge < -0.3 is 10.2 Å². The van der Waals surface area contributed by atoms with Gasteiger partial charge in [-0.25, -0.2) is 4.98 Å². The molecular formula is C14H25N3S. The summed E-state index contributed by atoms with van der Waals surface area (Å²) in [4.78, 5) is 8.65. The van der Waals surface area contributed by atoms with E-state index in [1.165, 1.54) is 35.8 Å². The molecule has 4 heteroatoms. The third-order valence-electron chi connectivity index (χ3n) is 3.73. The quantitative estimate of drug-likeness (QED) is 0.888. The summed E-state index contributed by atoms with van der Waals surface area (Å²) in [5.74, 6) is 0.662. The van der Waals surface area contributed by atoms with E-state index in [4.69, 9.17) is 0 Å². The van der Waals surface area contributed by atoms with Crippen LogP contribution in [0.5, 0.6) is 0 Å². The van der Waals surface area contributed by atoms with E-state index < -0.39 is 0 Å². The summed E-state index contributed by atoms with van der Waals surface area (Å²) in [5, 5.41) is 4.55. The molecule has 0 amide bonds. The first-order valence-electron chi connectivity index (χ1n) is 7.04. The predicted octanol–water partition coefficient (Wildman–Crippen LogP) is 2.49. The Bertz CT molecular complexity index is 362. The lowest BCUT2D eigenvalue weighted by molar-refractivity contribution is 0.167. The van der Waals surface area contributed by atoms with Crippen molar-refractivity contribution in [2.45, 2.75) is 45.1 Å². The topological polar surface area (TPSA) is 28.2 Å². The number of thiazole rings is 1. The molecule has 1 aliphatic rings. The van der Waals surface area contributed by atoms with Crippen molar-refractivity contribution in [2.75, 3.05) is 26.7 Å². The lowest BCUT2D eigenvalue weighted by Gasteiger charge is -2.34. The molecule has 1 N–H and O–H groups in total. The standard InChI is InChI=1S/C14H25N3S/c1-11(2)17-8-4-5-12(10-17)14-16-9-13(18-14)6-7-15-3/h9,11-12,15H,4-8,10H2,1-3H3. The van der Waals surface area contributed by atoms with Gasteiger partial charge in [0.05, 0.1) is 5.01 Å². The van der Waals surface area contributed by atoms with Crippen molar-refractivity contribution >= 4 is 11.3 Å². The number of piperidine rings is 1. The van der Waals surface area contributed by atoms with E-state index >= 15 is 0 Å². The molecule has 1 unspecified atom stereocenters. The number of aromatic nitrogens is 1. The maximum Gasteiger partial charge on any atom is 0.0971 e. The van der Waals surface area contributed by atoms with Crippen LogP contribution in [0.3, 0.4) is 0 Å². The zero-order valence-electron chi connectivity index (χ0n) is 11.8. The van der Waals surface area contributed by atoms with Gasteiger partial charge in [-0.1, -0.05) is 0 Å². The van der Waals surface area contributed by atoms with Crippen molar-refractivity contribution in [2.24, 2.45) is 0 Å². The van der Waals surface area contributed by atoms with Gasteiger partial charge in [-0.15, -0.1) is 11.3 Å². The van der Waals surface area contributed by atoms with Crippen molar-refractivity contribution < 1.29 is 0 Å². The molecule has 1 aliphatic heterocycles. The fraction of sp³-hybridized carbons (Fsp3) is 0.786. The number of hydrogen-bond acceptors (Lipinski definition) is 4. The van der Waals surface area contributed by atoms with Crippen LogP contribution < -0.4 is 5.32 Å². The fourth-order valence-corrected chi connectivity index (χ4v) is 3.59. The summed E-state index contributed by atoms with van der Waals surface area (Å²) in [7, 11) is 2.00. The minimum Gasteiger partial charge on any atom is -0.319 e. The summed E-state index contributed by atoms with van der Waals surface area (Å²) in [5.41, 5.74) is 0. The van der Waals surface area contributed by atoms with Crippen LogP contribution in [-0.4, -0.2) is 42.6 Å². The van der Waals surface area contributed by atoms with Crippen molar-refractivity contribution in [3.8, 4) is 0 Å². The molecule has 18 heavy (non-hydrogen) atoms. The SMILES string of the molecule is CNCCc1cnc(C2CCCN(C(C)C)C2)s1. The maximum atomic E-state index is 4.65. The van der Waals surface area contributed by atoms with E-state index in [9.17, 15) is 0 Å². The second-order valence-corrected chi connectivity index (χ2v) is 6.59. The van der Waals surface area contributed by atoms with Crippen LogP contribution in [-0.2, 0) is 6.42 Å². The van der Waals surface area contributed by atoms with Gasteiger partial charge in [0.25, 0.3) is 0 Å². The molecule has 0 aromatic carbocycles. The van der Waals surface area contributed by atoms with E-state index in [0.29, 0.717) is 12.0 Å². The van der Waals surface area contributed by atoms with Gasteiger partial charge in [-0.05, 0) is 53.2 Å². The summed E-state index contributed by atoms with van der Waals surface area (Å²) >= 11 is 1.92. The molecule has 0 aliphatic carbocycles. The fourth-order valence-electron chi connectivity index (χ4n) is 2.55. The molecule has 1 fully saturated rings. The van der Waals surface area contributed by atoms with Crippen molar-refractivity contribution in [1.29, 1.82) is 0 Å². The molecule has 0 radical (unpaired) electrons. The molecule has 2 heterocycles. The lowest BCUT2D eigenvalue weighted by atomic mass is 9.98. The first kappa shape index (κ1) is 14.0. The van der Waals surface area contributed by atoms with Crippen molar-refractivity contribution in [3.05, 3.63) is 16.1 Å². The third-order valence-corrected chi connectivity index (χ3v) is 4.94. The highest BCUT2D eigenvalue weighted by Crippen LogP contribution is 2.30. The van der Waals surface area contributed by atoms with E-state index in [1.807, 2.05) is 18.4 Å². The van der Waals surface area contributed by atoms with Crippen LogP contribution in [0.2, 0.25) is 0 Å². The Morgan fingerprint density at radius 1 is 1.56 bits per heavy atom. The highest BCUT2D eigenvalue weighted by molar-refractivity contribution is 7.11. The number of hydrogen-bond donors (Lipinski definition) is 1. The van der Waals surface area contributed by atoms with Crippen LogP contribution in [0, 0.1) is 0 Å². The van der Waals surface area contributed by atoms with Gasteiger partial charge in [0.1, 0.15) is 0 Å². The highest BCUT2D eigenvalue weighted by atomic mass is 32.1. The minimum atomic E-state index is 0.662. The van der Waals surface area contributed by atoms with E-state index in [-0.39, 0.29) is 0 Å². The lowest BCUT2D eigenvalue weighted by Crippen LogP contribution is -2.39. The van der Waals surface area contributed by atoms with Crippen LogP contribution >= 0.6 is 11.3 Å². The van der Waals surface area contributed by atoms with Crippen LogP contribution in [0.15, 0.2) is 6.20 Å².